The zero-order valence-electron chi connectivity index (χ0n) is 16.9. The molecule has 150 valence electrons. The molecular weight excluding hydrogens is 348 g/mol. The molecule has 3 rings (SSSR count). The van der Waals surface area contributed by atoms with E-state index in [1.54, 1.807) is 0 Å². The van der Waals surface area contributed by atoms with Crippen LogP contribution in [0.5, 0.6) is 0 Å². The number of carbonyl (C=O) groups is 1. The van der Waals surface area contributed by atoms with Crippen LogP contribution in [0.2, 0.25) is 0 Å². The van der Waals surface area contributed by atoms with Crippen LogP contribution in [0.3, 0.4) is 0 Å². The van der Waals surface area contributed by atoms with Crippen molar-refractivity contribution in [2.75, 3.05) is 13.1 Å². The maximum absolute atomic E-state index is 12.6. The third-order valence-corrected chi connectivity index (χ3v) is 5.62. The van der Waals surface area contributed by atoms with Gasteiger partial charge in [0.15, 0.2) is 0 Å². The third-order valence-electron chi connectivity index (χ3n) is 5.62. The number of amides is 1. The van der Waals surface area contributed by atoms with E-state index in [9.17, 15) is 9.90 Å². The van der Waals surface area contributed by atoms with Gasteiger partial charge in [0, 0.05) is 31.6 Å². The van der Waals surface area contributed by atoms with Crippen LogP contribution in [0.25, 0.3) is 0 Å². The Labute approximate surface area is 168 Å². The van der Waals surface area contributed by atoms with E-state index >= 15 is 0 Å². The van der Waals surface area contributed by atoms with Crippen LogP contribution in [0, 0.1) is 5.92 Å². The second-order valence-electron chi connectivity index (χ2n) is 8.09. The van der Waals surface area contributed by atoms with Crippen LogP contribution in [0.4, 0.5) is 0 Å². The average Bonchev–Trinajstić information content (AvgIpc) is 2.72. The lowest BCUT2D eigenvalue weighted by Crippen LogP contribution is -2.55. The normalized spacial score (nSPS) is 20.9. The fourth-order valence-corrected chi connectivity index (χ4v) is 3.97. The predicted octanol–water partition coefficient (Wildman–Crippen LogP) is 3.57. The number of aryl methyl sites for hydroxylation is 1. The summed E-state index contributed by atoms with van der Waals surface area (Å²) in [5.74, 6) is 0.546. The first-order valence-corrected chi connectivity index (χ1v) is 10.4. The molecule has 1 saturated heterocycles. The van der Waals surface area contributed by atoms with Crippen molar-refractivity contribution in [3.8, 4) is 0 Å². The molecular formula is C24H32N2O2. The summed E-state index contributed by atoms with van der Waals surface area (Å²) in [6, 6.07) is 20.7. The summed E-state index contributed by atoms with van der Waals surface area (Å²) in [6.07, 6.45) is 1.47. The van der Waals surface area contributed by atoms with Crippen molar-refractivity contribution in [3.05, 3.63) is 71.8 Å². The zero-order valence-corrected chi connectivity index (χ0v) is 16.9. The molecule has 1 aliphatic rings. The fourth-order valence-electron chi connectivity index (χ4n) is 3.97. The van der Waals surface area contributed by atoms with Crippen LogP contribution in [-0.2, 0) is 11.2 Å². The van der Waals surface area contributed by atoms with E-state index in [1.807, 2.05) is 41.3 Å². The number of rotatable bonds is 7. The standard InChI is InChI=1S/C24H32N2O2/c1-18(2)24(20-11-7-4-8-12-20)25-21-15-16-26(17-22(21)27)23(28)14-13-19-9-5-3-6-10-19/h3-12,18,21-22,24-25,27H,13-17H2,1-2H3. The molecule has 1 amide bonds. The van der Waals surface area contributed by atoms with Gasteiger partial charge in [-0.3, -0.25) is 4.79 Å². The van der Waals surface area contributed by atoms with Gasteiger partial charge in [0.25, 0.3) is 0 Å². The molecule has 3 atom stereocenters. The van der Waals surface area contributed by atoms with Crippen molar-refractivity contribution in [2.45, 2.75) is 51.3 Å². The maximum Gasteiger partial charge on any atom is 0.222 e. The molecule has 4 heteroatoms. The van der Waals surface area contributed by atoms with Gasteiger partial charge in [0.2, 0.25) is 5.91 Å². The number of hydrogen-bond donors (Lipinski definition) is 2. The molecule has 1 aliphatic heterocycles. The average molecular weight is 381 g/mol. The first-order valence-electron chi connectivity index (χ1n) is 10.4. The highest BCUT2D eigenvalue weighted by atomic mass is 16.3. The molecule has 4 nitrogen and oxygen atoms in total. The first kappa shape index (κ1) is 20.6. The molecule has 0 bridgehead atoms. The minimum absolute atomic E-state index is 0.00535. The van der Waals surface area contributed by atoms with E-state index < -0.39 is 6.10 Å². The highest BCUT2D eigenvalue weighted by Crippen LogP contribution is 2.24. The van der Waals surface area contributed by atoms with Gasteiger partial charge in [0.1, 0.15) is 0 Å². The van der Waals surface area contributed by atoms with Gasteiger partial charge < -0.3 is 15.3 Å². The minimum atomic E-state index is -0.542. The number of nitrogens with one attached hydrogen (secondary N) is 1. The van der Waals surface area contributed by atoms with Crippen LogP contribution >= 0.6 is 0 Å². The molecule has 0 spiro atoms. The highest BCUT2D eigenvalue weighted by Gasteiger charge is 2.32. The van der Waals surface area contributed by atoms with Crippen molar-refractivity contribution in [2.24, 2.45) is 5.92 Å². The minimum Gasteiger partial charge on any atom is -0.390 e. The van der Waals surface area contributed by atoms with Gasteiger partial charge in [-0.05, 0) is 29.9 Å². The SMILES string of the molecule is CC(C)C(NC1CCN(C(=O)CCc2ccccc2)CC1O)c1ccccc1. The van der Waals surface area contributed by atoms with Crippen molar-refractivity contribution in [1.82, 2.24) is 10.2 Å². The van der Waals surface area contributed by atoms with E-state index in [2.05, 4.69) is 43.4 Å². The molecule has 2 N–H and O–H groups in total. The highest BCUT2D eigenvalue weighted by molar-refractivity contribution is 5.76. The van der Waals surface area contributed by atoms with E-state index in [-0.39, 0.29) is 18.0 Å². The Morgan fingerprint density at radius 1 is 1.11 bits per heavy atom. The number of benzene rings is 2. The van der Waals surface area contributed by atoms with Crippen LogP contribution < -0.4 is 5.32 Å². The molecule has 2 aromatic rings. The molecule has 1 fully saturated rings. The molecule has 0 aromatic heterocycles. The van der Waals surface area contributed by atoms with E-state index in [4.69, 9.17) is 0 Å². The van der Waals surface area contributed by atoms with Crippen LogP contribution in [-0.4, -0.2) is 41.1 Å². The molecule has 2 aromatic carbocycles. The number of piperidine rings is 1. The molecule has 3 unspecified atom stereocenters. The summed E-state index contributed by atoms with van der Waals surface area (Å²) in [4.78, 5) is 14.4. The second-order valence-corrected chi connectivity index (χ2v) is 8.09. The number of likely N-dealkylation sites (tertiary alicyclic amines) is 1. The Hall–Kier alpha value is -2.17. The number of aliphatic hydroxyl groups excluding tert-OH is 1. The Bertz CT molecular complexity index is 733. The monoisotopic (exact) mass is 380 g/mol. The van der Waals surface area contributed by atoms with Gasteiger partial charge in [0.05, 0.1) is 6.10 Å². The van der Waals surface area contributed by atoms with Crippen LogP contribution in [0.1, 0.15) is 43.9 Å². The topological polar surface area (TPSA) is 52.6 Å². The predicted molar refractivity (Wildman–Crippen MR) is 113 cm³/mol. The van der Waals surface area contributed by atoms with Gasteiger partial charge in [-0.25, -0.2) is 0 Å². The number of β-amino-alcohol motifs (C(OH)–C–C–N with tert-alkyl or cyclic N) is 1. The Morgan fingerprint density at radius 2 is 1.75 bits per heavy atom. The van der Waals surface area contributed by atoms with Crippen LogP contribution in [0.15, 0.2) is 60.7 Å². The number of carbonyl (C=O) groups excluding carboxylic acids is 1. The van der Waals surface area contributed by atoms with Gasteiger partial charge >= 0.3 is 0 Å². The zero-order chi connectivity index (χ0) is 19.9. The fraction of sp³-hybridized carbons (Fsp3) is 0.458. The summed E-state index contributed by atoms with van der Waals surface area (Å²) in [6.45, 7) is 5.49. The number of aliphatic hydroxyl groups is 1. The Morgan fingerprint density at radius 3 is 2.36 bits per heavy atom. The second kappa shape index (κ2) is 9.85. The first-order chi connectivity index (χ1) is 13.5. The van der Waals surface area contributed by atoms with Crippen molar-refractivity contribution < 1.29 is 9.90 Å². The van der Waals surface area contributed by atoms with Gasteiger partial charge in [-0.1, -0.05) is 74.5 Å². The molecule has 0 radical (unpaired) electrons. The Kier molecular flexibility index (Phi) is 7.24. The van der Waals surface area contributed by atoms with Crippen molar-refractivity contribution in [3.63, 3.8) is 0 Å². The molecule has 28 heavy (non-hydrogen) atoms. The summed E-state index contributed by atoms with van der Waals surface area (Å²) in [7, 11) is 0. The summed E-state index contributed by atoms with van der Waals surface area (Å²) in [5.41, 5.74) is 2.42. The third kappa shape index (κ3) is 5.43. The quantitative estimate of drug-likeness (QED) is 0.772. The lowest BCUT2D eigenvalue weighted by Gasteiger charge is -2.39. The summed E-state index contributed by atoms with van der Waals surface area (Å²) >= 11 is 0. The maximum atomic E-state index is 12.6. The lowest BCUT2D eigenvalue weighted by atomic mass is 9.92. The molecule has 1 heterocycles. The lowest BCUT2D eigenvalue weighted by molar-refractivity contribution is -0.135. The van der Waals surface area contributed by atoms with Crippen molar-refractivity contribution >= 4 is 5.91 Å². The molecule has 0 saturated carbocycles. The number of hydrogen-bond acceptors (Lipinski definition) is 3. The summed E-state index contributed by atoms with van der Waals surface area (Å²) in [5, 5.41) is 14.3. The number of nitrogens with zero attached hydrogens (tertiary/aromatic N) is 1. The molecule has 0 aliphatic carbocycles. The largest absolute Gasteiger partial charge is 0.390 e. The van der Waals surface area contributed by atoms with Gasteiger partial charge in [-0.15, -0.1) is 0 Å². The smallest absolute Gasteiger partial charge is 0.222 e. The van der Waals surface area contributed by atoms with Crippen molar-refractivity contribution in [1.29, 1.82) is 0 Å². The summed E-state index contributed by atoms with van der Waals surface area (Å²) < 4.78 is 0. The Balaban J connectivity index is 1.53. The van der Waals surface area contributed by atoms with Gasteiger partial charge in [-0.2, -0.15) is 0 Å². The van der Waals surface area contributed by atoms with E-state index in [0.29, 0.717) is 25.4 Å². The van der Waals surface area contributed by atoms with E-state index in [1.165, 1.54) is 11.1 Å². The van der Waals surface area contributed by atoms with E-state index in [0.717, 1.165) is 12.8 Å².